The second-order valence-electron chi connectivity index (χ2n) is 5.33. The van der Waals surface area contributed by atoms with E-state index in [-0.39, 0.29) is 11.7 Å². The lowest BCUT2D eigenvalue weighted by atomic mass is 10.1. The number of benzene rings is 1. The number of carbonyl (C=O) groups excluding carboxylic acids is 1. The van der Waals surface area contributed by atoms with Crippen LogP contribution in [0.3, 0.4) is 0 Å². The minimum absolute atomic E-state index is 0.0991. The maximum atomic E-state index is 12.1. The van der Waals surface area contributed by atoms with Gasteiger partial charge in [-0.25, -0.2) is 0 Å². The van der Waals surface area contributed by atoms with Crippen molar-refractivity contribution >= 4 is 5.91 Å². The third-order valence-corrected chi connectivity index (χ3v) is 3.66. The molecule has 2 heterocycles. The second-order valence-corrected chi connectivity index (χ2v) is 5.33. The van der Waals surface area contributed by atoms with Crippen molar-refractivity contribution in [1.82, 2.24) is 20.4 Å². The molecule has 0 radical (unpaired) electrons. The molecule has 1 N–H and O–H groups in total. The number of ether oxygens (including phenoxy) is 2. The van der Waals surface area contributed by atoms with Crippen molar-refractivity contribution in [1.29, 1.82) is 0 Å². The summed E-state index contributed by atoms with van der Waals surface area (Å²) < 4.78 is 15.5. The molecule has 0 bridgehead atoms. The number of nitrogens with one attached hydrogen (secondary N) is 1. The van der Waals surface area contributed by atoms with Crippen molar-refractivity contribution < 1.29 is 18.8 Å². The van der Waals surface area contributed by atoms with Crippen LogP contribution in [0.25, 0.3) is 11.5 Å². The smallest absolute Gasteiger partial charge is 0.316 e. The SMILES string of the molecule is COc1ccc(CCNC(=O)c2nc(-c3ccccn3)no2)cc1OC. The van der Waals surface area contributed by atoms with Gasteiger partial charge in [0.15, 0.2) is 11.5 Å². The Kier molecular flexibility index (Phi) is 5.43. The zero-order valence-corrected chi connectivity index (χ0v) is 14.4. The minimum atomic E-state index is -0.430. The van der Waals surface area contributed by atoms with Crippen LogP contribution in [0, 0.1) is 0 Å². The van der Waals surface area contributed by atoms with Gasteiger partial charge in [-0.1, -0.05) is 17.3 Å². The third-order valence-electron chi connectivity index (χ3n) is 3.66. The van der Waals surface area contributed by atoms with Crippen molar-refractivity contribution in [2.75, 3.05) is 20.8 Å². The van der Waals surface area contributed by atoms with Crippen LogP contribution in [0.15, 0.2) is 47.1 Å². The van der Waals surface area contributed by atoms with Gasteiger partial charge in [0.1, 0.15) is 5.69 Å². The maximum Gasteiger partial charge on any atom is 0.316 e. The number of carbonyl (C=O) groups is 1. The number of hydrogen-bond acceptors (Lipinski definition) is 7. The summed E-state index contributed by atoms with van der Waals surface area (Å²) in [7, 11) is 3.17. The molecule has 3 rings (SSSR count). The molecule has 0 spiro atoms. The molecule has 134 valence electrons. The van der Waals surface area contributed by atoms with Gasteiger partial charge in [0.25, 0.3) is 0 Å². The van der Waals surface area contributed by atoms with Crippen LogP contribution in [-0.4, -0.2) is 41.8 Å². The van der Waals surface area contributed by atoms with Crippen LogP contribution in [0.5, 0.6) is 11.5 Å². The number of methoxy groups -OCH3 is 2. The van der Waals surface area contributed by atoms with Gasteiger partial charge in [-0.3, -0.25) is 9.78 Å². The van der Waals surface area contributed by atoms with Gasteiger partial charge in [-0.15, -0.1) is 0 Å². The van der Waals surface area contributed by atoms with Crippen molar-refractivity contribution in [3.8, 4) is 23.0 Å². The van der Waals surface area contributed by atoms with Gasteiger partial charge in [-0.2, -0.15) is 4.98 Å². The number of rotatable bonds is 7. The first-order chi connectivity index (χ1) is 12.7. The van der Waals surface area contributed by atoms with E-state index in [1.807, 2.05) is 24.3 Å². The Morgan fingerprint density at radius 1 is 1.15 bits per heavy atom. The predicted octanol–water partition coefficient (Wildman–Crippen LogP) is 2.12. The topological polar surface area (TPSA) is 99.4 Å². The lowest BCUT2D eigenvalue weighted by Crippen LogP contribution is -2.26. The number of aromatic nitrogens is 3. The molecular weight excluding hydrogens is 336 g/mol. The van der Waals surface area contributed by atoms with E-state index in [9.17, 15) is 4.79 Å². The fourth-order valence-electron chi connectivity index (χ4n) is 2.35. The van der Waals surface area contributed by atoms with Gasteiger partial charge in [0.05, 0.1) is 14.2 Å². The summed E-state index contributed by atoms with van der Waals surface area (Å²) in [5.74, 6) is 1.05. The number of pyridine rings is 1. The van der Waals surface area contributed by atoms with Crippen molar-refractivity contribution in [2.45, 2.75) is 6.42 Å². The van der Waals surface area contributed by atoms with Crippen LogP contribution < -0.4 is 14.8 Å². The van der Waals surface area contributed by atoms with Crippen molar-refractivity contribution in [3.05, 3.63) is 54.0 Å². The molecule has 8 nitrogen and oxygen atoms in total. The zero-order chi connectivity index (χ0) is 18.4. The lowest BCUT2D eigenvalue weighted by Gasteiger charge is -2.09. The van der Waals surface area contributed by atoms with Gasteiger partial charge < -0.3 is 19.3 Å². The molecule has 1 amide bonds. The predicted molar refractivity (Wildman–Crippen MR) is 93.1 cm³/mol. The molecule has 0 aliphatic heterocycles. The summed E-state index contributed by atoms with van der Waals surface area (Å²) in [5, 5.41) is 6.53. The van der Waals surface area contributed by atoms with E-state index in [0.29, 0.717) is 30.2 Å². The molecule has 2 aromatic heterocycles. The van der Waals surface area contributed by atoms with Crippen molar-refractivity contribution in [3.63, 3.8) is 0 Å². The number of nitrogens with zero attached hydrogens (tertiary/aromatic N) is 3. The summed E-state index contributed by atoms with van der Waals surface area (Å²) in [6.07, 6.45) is 2.24. The zero-order valence-electron chi connectivity index (χ0n) is 14.4. The second kappa shape index (κ2) is 8.11. The average molecular weight is 354 g/mol. The average Bonchev–Trinajstić information content (AvgIpc) is 3.19. The highest BCUT2D eigenvalue weighted by atomic mass is 16.5. The molecule has 0 atom stereocenters. The van der Waals surface area contributed by atoms with E-state index in [1.165, 1.54) is 0 Å². The van der Waals surface area contributed by atoms with Crippen LogP contribution in [0.4, 0.5) is 0 Å². The summed E-state index contributed by atoms with van der Waals surface area (Å²) >= 11 is 0. The molecule has 0 unspecified atom stereocenters. The fraction of sp³-hybridized carbons (Fsp3) is 0.222. The summed E-state index contributed by atoms with van der Waals surface area (Å²) in [5.41, 5.74) is 1.54. The number of hydrogen-bond donors (Lipinski definition) is 1. The van der Waals surface area contributed by atoms with Crippen LogP contribution in [-0.2, 0) is 6.42 Å². The Labute approximate surface area is 150 Å². The normalized spacial score (nSPS) is 10.4. The third kappa shape index (κ3) is 3.97. The molecule has 3 aromatic rings. The first-order valence-corrected chi connectivity index (χ1v) is 7.95. The maximum absolute atomic E-state index is 12.1. The molecule has 1 aromatic carbocycles. The van der Waals surface area contributed by atoms with Crippen LogP contribution >= 0.6 is 0 Å². The van der Waals surface area contributed by atoms with Crippen LogP contribution in [0.2, 0.25) is 0 Å². The first-order valence-electron chi connectivity index (χ1n) is 7.95. The lowest BCUT2D eigenvalue weighted by molar-refractivity contribution is 0.0910. The molecular formula is C18H18N4O4. The largest absolute Gasteiger partial charge is 0.493 e. The summed E-state index contributed by atoms with van der Waals surface area (Å²) in [4.78, 5) is 20.3. The highest BCUT2D eigenvalue weighted by Crippen LogP contribution is 2.27. The van der Waals surface area contributed by atoms with Gasteiger partial charge >= 0.3 is 11.8 Å². The van der Waals surface area contributed by atoms with E-state index < -0.39 is 5.91 Å². The van der Waals surface area contributed by atoms with E-state index in [4.69, 9.17) is 14.0 Å². The molecule has 0 saturated heterocycles. The summed E-state index contributed by atoms with van der Waals surface area (Å²) in [6, 6.07) is 10.9. The summed E-state index contributed by atoms with van der Waals surface area (Å²) in [6.45, 7) is 0.412. The molecule has 0 aliphatic carbocycles. The number of amides is 1. The van der Waals surface area contributed by atoms with E-state index in [0.717, 1.165) is 5.56 Å². The molecule has 0 aliphatic rings. The highest BCUT2D eigenvalue weighted by molar-refractivity contribution is 5.89. The standard InChI is InChI=1S/C18H18N4O4/c1-24-14-7-6-12(11-15(14)25-2)8-10-20-17(23)18-21-16(22-26-18)13-5-3-4-9-19-13/h3-7,9,11H,8,10H2,1-2H3,(H,20,23). The van der Waals surface area contributed by atoms with Gasteiger partial charge in [-0.05, 0) is 36.2 Å². The van der Waals surface area contributed by atoms with E-state index >= 15 is 0 Å². The Bertz CT molecular complexity index is 880. The van der Waals surface area contributed by atoms with Gasteiger partial charge in [0, 0.05) is 12.7 Å². The Morgan fingerprint density at radius 2 is 2.00 bits per heavy atom. The molecule has 8 heteroatoms. The fourth-order valence-corrected chi connectivity index (χ4v) is 2.35. The van der Waals surface area contributed by atoms with E-state index in [1.54, 1.807) is 32.5 Å². The Balaban J connectivity index is 1.57. The Hall–Kier alpha value is -3.42. The minimum Gasteiger partial charge on any atom is -0.493 e. The van der Waals surface area contributed by atoms with Gasteiger partial charge in [0.2, 0.25) is 5.82 Å². The first kappa shape index (κ1) is 17.4. The van der Waals surface area contributed by atoms with Crippen LogP contribution in [0.1, 0.15) is 16.2 Å². The molecule has 0 saturated carbocycles. The van der Waals surface area contributed by atoms with Crippen molar-refractivity contribution in [2.24, 2.45) is 0 Å². The quantitative estimate of drug-likeness (QED) is 0.694. The van der Waals surface area contributed by atoms with E-state index in [2.05, 4.69) is 20.4 Å². The highest BCUT2D eigenvalue weighted by Gasteiger charge is 2.16. The molecule has 0 fully saturated rings. The monoisotopic (exact) mass is 354 g/mol. The molecule has 26 heavy (non-hydrogen) atoms. The Morgan fingerprint density at radius 3 is 2.73 bits per heavy atom.